The molecule has 0 N–H and O–H groups in total. The predicted octanol–water partition coefficient (Wildman–Crippen LogP) is 2.12. The number of carbonyl (C=O) groups excluding carboxylic acids is 1. The van der Waals surface area contributed by atoms with Gasteiger partial charge in [0.25, 0.3) is 0 Å². The lowest BCUT2D eigenvalue weighted by atomic mass is 9.99. The lowest BCUT2D eigenvalue weighted by Gasteiger charge is -2.38. The zero-order valence-electron chi connectivity index (χ0n) is 11.2. The van der Waals surface area contributed by atoms with E-state index >= 15 is 0 Å². The Labute approximate surface area is 99.8 Å². The van der Waals surface area contributed by atoms with Gasteiger partial charge in [0.15, 0.2) is 0 Å². The number of likely N-dealkylation sites (N-methyl/N-ethyl adjacent to an activating group) is 1. The molecule has 1 aliphatic heterocycles. The van der Waals surface area contributed by atoms with E-state index in [0.717, 1.165) is 19.5 Å². The van der Waals surface area contributed by atoms with Crippen LogP contribution in [0.2, 0.25) is 0 Å². The van der Waals surface area contributed by atoms with Crippen LogP contribution in [0.15, 0.2) is 0 Å². The van der Waals surface area contributed by atoms with Crippen LogP contribution < -0.4 is 0 Å². The summed E-state index contributed by atoms with van der Waals surface area (Å²) < 4.78 is 0. The molecule has 2 atom stereocenters. The highest BCUT2D eigenvalue weighted by Gasteiger charge is 2.29. The minimum Gasteiger partial charge on any atom is -0.338 e. The fraction of sp³-hybridized carbons (Fsp3) is 0.923. The Kier molecular flexibility index (Phi) is 5.26. The Morgan fingerprint density at radius 3 is 2.69 bits per heavy atom. The van der Waals surface area contributed by atoms with Gasteiger partial charge >= 0.3 is 0 Å². The van der Waals surface area contributed by atoms with E-state index in [9.17, 15) is 4.79 Å². The first-order valence-electron chi connectivity index (χ1n) is 6.62. The molecule has 16 heavy (non-hydrogen) atoms. The highest BCUT2D eigenvalue weighted by Crippen LogP contribution is 2.20. The van der Waals surface area contributed by atoms with E-state index in [4.69, 9.17) is 0 Å². The molecule has 3 nitrogen and oxygen atoms in total. The number of hydrogen-bond donors (Lipinski definition) is 0. The third-order valence-electron chi connectivity index (χ3n) is 3.90. The smallest absolute Gasteiger partial charge is 0.239 e. The molecular weight excluding hydrogens is 200 g/mol. The zero-order chi connectivity index (χ0) is 12.1. The highest BCUT2D eigenvalue weighted by molar-refractivity contribution is 5.81. The van der Waals surface area contributed by atoms with Crippen LogP contribution in [0, 0.1) is 0 Å². The van der Waals surface area contributed by atoms with E-state index in [-0.39, 0.29) is 6.04 Å². The van der Waals surface area contributed by atoms with Gasteiger partial charge in [-0.05, 0) is 46.2 Å². The molecule has 0 aromatic rings. The molecule has 94 valence electrons. The molecule has 0 aromatic heterocycles. The van der Waals surface area contributed by atoms with Crippen LogP contribution in [-0.4, -0.2) is 47.9 Å². The summed E-state index contributed by atoms with van der Waals surface area (Å²) >= 11 is 0. The third-order valence-corrected chi connectivity index (χ3v) is 3.90. The van der Waals surface area contributed by atoms with E-state index in [1.54, 1.807) is 0 Å². The second kappa shape index (κ2) is 6.24. The summed E-state index contributed by atoms with van der Waals surface area (Å²) in [6, 6.07) is 0.506. The van der Waals surface area contributed by atoms with Crippen molar-refractivity contribution in [2.75, 3.05) is 20.1 Å². The fourth-order valence-corrected chi connectivity index (χ4v) is 2.42. The summed E-state index contributed by atoms with van der Waals surface area (Å²) in [4.78, 5) is 16.6. The van der Waals surface area contributed by atoms with Gasteiger partial charge in [0.1, 0.15) is 0 Å². The monoisotopic (exact) mass is 226 g/mol. The minimum atomic E-state index is 0.0251. The molecule has 2 unspecified atom stereocenters. The minimum absolute atomic E-state index is 0.0251. The number of amides is 1. The van der Waals surface area contributed by atoms with Crippen LogP contribution in [0.3, 0.4) is 0 Å². The molecule has 1 rings (SSSR count). The van der Waals surface area contributed by atoms with Crippen LogP contribution in [-0.2, 0) is 4.79 Å². The molecule has 1 saturated heterocycles. The van der Waals surface area contributed by atoms with Crippen molar-refractivity contribution in [2.24, 2.45) is 0 Å². The van der Waals surface area contributed by atoms with Crippen molar-refractivity contribution in [1.29, 1.82) is 0 Å². The van der Waals surface area contributed by atoms with Crippen LogP contribution in [0.25, 0.3) is 0 Å². The van der Waals surface area contributed by atoms with Crippen LogP contribution in [0.1, 0.15) is 46.5 Å². The highest BCUT2D eigenvalue weighted by atomic mass is 16.2. The first kappa shape index (κ1) is 13.5. The van der Waals surface area contributed by atoms with Crippen molar-refractivity contribution >= 4 is 5.91 Å². The summed E-state index contributed by atoms with van der Waals surface area (Å²) in [5, 5.41) is 0. The van der Waals surface area contributed by atoms with Gasteiger partial charge in [-0.25, -0.2) is 0 Å². The molecule has 0 spiro atoms. The summed E-state index contributed by atoms with van der Waals surface area (Å²) in [6.07, 6.45) is 4.73. The average molecular weight is 226 g/mol. The molecule has 0 bridgehead atoms. The number of carbonyl (C=O) groups is 1. The van der Waals surface area contributed by atoms with Gasteiger partial charge < -0.3 is 4.90 Å². The molecule has 1 heterocycles. The number of piperidine rings is 1. The van der Waals surface area contributed by atoms with E-state index in [1.807, 2.05) is 14.0 Å². The molecule has 0 saturated carbocycles. The van der Waals surface area contributed by atoms with Gasteiger partial charge in [-0.1, -0.05) is 13.8 Å². The Balaban J connectivity index is 2.63. The van der Waals surface area contributed by atoms with Gasteiger partial charge in [-0.3, -0.25) is 9.69 Å². The first-order valence-corrected chi connectivity index (χ1v) is 6.62. The van der Waals surface area contributed by atoms with Gasteiger partial charge in [-0.2, -0.15) is 0 Å². The lowest BCUT2D eigenvalue weighted by molar-refractivity contribution is -0.139. The second-order valence-electron chi connectivity index (χ2n) is 4.84. The SMILES string of the molecule is CCC1CCCCN1C(=O)C(C)N(C)CC. The molecule has 1 aliphatic rings. The molecule has 0 radical (unpaired) electrons. The quantitative estimate of drug-likeness (QED) is 0.733. The van der Waals surface area contributed by atoms with E-state index in [1.165, 1.54) is 19.3 Å². The normalized spacial score (nSPS) is 23.6. The average Bonchev–Trinajstić information content (AvgIpc) is 2.35. The van der Waals surface area contributed by atoms with E-state index < -0.39 is 0 Å². The summed E-state index contributed by atoms with van der Waals surface area (Å²) in [7, 11) is 2.02. The van der Waals surface area contributed by atoms with Crippen LogP contribution in [0.4, 0.5) is 0 Å². The maximum Gasteiger partial charge on any atom is 0.239 e. The molecule has 3 heteroatoms. The fourth-order valence-electron chi connectivity index (χ4n) is 2.42. The van der Waals surface area contributed by atoms with Gasteiger partial charge in [-0.15, -0.1) is 0 Å². The molecule has 1 fully saturated rings. The largest absolute Gasteiger partial charge is 0.338 e. The van der Waals surface area contributed by atoms with Gasteiger partial charge in [0.2, 0.25) is 5.91 Å². The number of hydrogen-bond acceptors (Lipinski definition) is 2. The summed E-state index contributed by atoms with van der Waals surface area (Å²) in [6.45, 7) is 8.19. The van der Waals surface area contributed by atoms with Crippen LogP contribution in [0.5, 0.6) is 0 Å². The second-order valence-corrected chi connectivity index (χ2v) is 4.84. The topological polar surface area (TPSA) is 23.6 Å². The third kappa shape index (κ3) is 2.97. The maximum atomic E-state index is 12.4. The van der Waals surface area contributed by atoms with Gasteiger partial charge in [0, 0.05) is 12.6 Å². The predicted molar refractivity (Wildman–Crippen MR) is 67.4 cm³/mol. The molecule has 1 amide bonds. The first-order chi connectivity index (χ1) is 7.61. The van der Waals surface area contributed by atoms with Crippen molar-refractivity contribution in [3.05, 3.63) is 0 Å². The standard InChI is InChI=1S/C13H26N2O/c1-5-12-9-7-8-10-15(12)13(16)11(3)14(4)6-2/h11-12H,5-10H2,1-4H3. The molecule has 0 aliphatic carbocycles. The number of rotatable bonds is 4. The van der Waals surface area contributed by atoms with Crippen molar-refractivity contribution in [3.63, 3.8) is 0 Å². The van der Waals surface area contributed by atoms with Crippen molar-refractivity contribution < 1.29 is 4.79 Å². The van der Waals surface area contributed by atoms with Crippen molar-refractivity contribution in [1.82, 2.24) is 9.80 Å². The number of nitrogens with zero attached hydrogens (tertiary/aromatic N) is 2. The van der Waals surface area contributed by atoms with Crippen LogP contribution >= 0.6 is 0 Å². The van der Waals surface area contributed by atoms with E-state index in [0.29, 0.717) is 11.9 Å². The Morgan fingerprint density at radius 2 is 2.12 bits per heavy atom. The molecular formula is C13H26N2O. The Hall–Kier alpha value is -0.570. The number of likely N-dealkylation sites (tertiary alicyclic amines) is 1. The molecule has 0 aromatic carbocycles. The van der Waals surface area contributed by atoms with E-state index in [2.05, 4.69) is 23.6 Å². The summed E-state index contributed by atoms with van der Waals surface area (Å²) in [5.41, 5.74) is 0. The van der Waals surface area contributed by atoms with Gasteiger partial charge in [0.05, 0.1) is 6.04 Å². The van der Waals surface area contributed by atoms with Crippen molar-refractivity contribution in [3.8, 4) is 0 Å². The lowest BCUT2D eigenvalue weighted by Crippen LogP contribution is -2.51. The zero-order valence-corrected chi connectivity index (χ0v) is 11.2. The summed E-state index contributed by atoms with van der Waals surface area (Å²) in [5.74, 6) is 0.316. The Morgan fingerprint density at radius 1 is 1.44 bits per heavy atom. The Bertz CT molecular complexity index is 230. The maximum absolute atomic E-state index is 12.4. The van der Waals surface area contributed by atoms with Crippen molar-refractivity contribution in [2.45, 2.75) is 58.5 Å².